The predicted octanol–water partition coefficient (Wildman–Crippen LogP) is 4.24. The number of rotatable bonds is 7. The van der Waals surface area contributed by atoms with Crippen molar-refractivity contribution >= 4 is 0 Å². The molecule has 4 rings (SSSR count). The molecule has 0 fully saturated rings. The van der Waals surface area contributed by atoms with Gasteiger partial charge in [0.25, 0.3) is 0 Å². The summed E-state index contributed by atoms with van der Waals surface area (Å²) < 4.78 is 0. The SMILES string of the molecule is OC(c1cccnc1)(c1cccnc1)[C@H](NCc1ccccc1)c1ccccc1. The van der Waals surface area contributed by atoms with E-state index in [1.807, 2.05) is 72.8 Å². The summed E-state index contributed by atoms with van der Waals surface area (Å²) in [7, 11) is 0. The van der Waals surface area contributed by atoms with E-state index in [1.54, 1.807) is 24.8 Å². The molecule has 144 valence electrons. The van der Waals surface area contributed by atoms with Crippen LogP contribution in [0.4, 0.5) is 0 Å². The minimum absolute atomic E-state index is 0.405. The molecule has 2 heterocycles. The van der Waals surface area contributed by atoms with Crippen molar-refractivity contribution in [3.63, 3.8) is 0 Å². The molecule has 0 saturated heterocycles. The Morgan fingerprint density at radius 1 is 0.724 bits per heavy atom. The average Bonchev–Trinajstić information content (AvgIpc) is 2.81. The van der Waals surface area contributed by atoms with Crippen LogP contribution in [0.15, 0.2) is 110 Å². The number of hydrogen-bond acceptors (Lipinski definition) is 4. The lowest BCUT2D eigenvalue weighted by atomic mass is 9.78. The highest BCUT2D eigenvalue weighted by molar-refractivity contribution is 5.39. The summed E-state index contributed by atoms with van der Waals surface area (Å²) in [5.74, 6) is 0. The van der Waals surface area contributed by atoms with Crippen molar-refractivity contribution in [2.45, 2.75) is 18.2 Å². The fraction of sp³-hybridized carbons (Fsp3) is 0.120. The molecule has 0 saturated carbocycles. The van der Waals surface area contributed by atoms with Crippen LogP contribution < -0.4 is 5.32 Å². The fourth-order valence-corrected chi connectivity index (χ4v) is 3.64. The summed E-state index contributed by atoms with van der Waals surface area (Å²) >= 11 is 0. The summed E-state index contributed by atoms with van der Waals surface area (Å²) in [5.41, 5.74) is 2.20. The van der Waals surface area contributed by atoms with Gasteiger partial charge in [0, 0.05) is 42.5 Å². The molecule has 0 unspecified atom stereocenters. The first-order valence-corrected chi connectivity index (χ1v) is 9.64. The maximum Gasteiger partial charge on any atom is 0.137 e. The zero-order chi connectivity index (χ0) is 19.9. The van der Waals surface area contributed by atoms with Crippen molar-refractivity contribution < 1.29 is 5.11 Å². The van der Waals surface area contributed by atoms with Gasteiger partial charge in [-0.3, -0.25) is 9.97 Å². The van der Waals surface area contributed by atoms with E-state index < -0.39 is 11.6 Å². The second-order valence-corrected chi connectivity index (χ2v) is 6.96. The van der Waals surface area contributed by atoms with Gasteiger partial charge in [0.15, 0.2) is 0 Å². The van der Waals surface area contributed by atoms with E-state index in [4.69, 9.17) is 0 Å². The molecular weight excluding hydrogens is 358 g/mol. The highest BCUT2D eigenvalue weighted by Gasteiger charge is 2.41. The number of aliphatic hydroxyl groups is 1. The Balaban J connectivity index is 1.82. The first kappa shape index (κ1) is 19.0. The molecule has 0 aliphatic heterocycles. The summed E-state index contributed by atoms with van der Waals surface area (Å²) in [6, 6.07) is 27.3. The monoisotopic (exact) mass is 381 g/mol. The minimum Gasteiger partial charge on any atom is -0.378 e. The van der Waals surface area contributed by atoms with Crippen molar-refractivity contribution in [1.29, 1.82) is 0 Å². The van der Waals surface area contributed by atoms with Crippen LogP contribution in [-0.2, 0) is 12.1 Å². The third-order valence-electron chi connectivity index (χ3n) is 5.11. The largest absolute Gasteiger partial charge is 0.378 e. The van der Waals surface area contributed by atoms with Crippen molar-refractivity contribution in [2.75, 3.05) is 0 Å². The lowest BCUT2D eigenvalue weighted by Gasteiger charge is -2.38. The van der Waals surface area contributed by atoms with Crippen LogP contribution >= 0.6 is 0 Å². The van der Waals surface area contributed by atoms with Gasteiger partial charge in [-0.25, -0.2) is 0 Å². The van der Waals surface area contributed by atoms with Gasteiger partial charge in [-0.2, -0.15) is 0 Å². The van der Waals surface area contributed by atoms with Gasteiger partial charge in [-0.1, -0.05) is 72.8 Å². The second-order valence-electron chi connectivity index (χ2n) is 6.96. The predicted molar refractivity (Wildman–Crippen MR) is 114 cm³/mol. The molecule has 0 amide bonds. The van der Waals surface area contributed by atoms with Crippen LogP contribution in [0, 0.1) is 0 Å². The van der Waals surface area contributed by atoms with E-state index in [2.05, 4.69) is 27.4 Å². The molecule has 4 aromatic rings. The van der Waals surface area contributed by atoms with Gasteiger partial charge in [0.05, 0.1) is 6.04 Å². The Labute approximate surface area is 170 Å². The molecule has 4 nitrogen and oxygen atoms in total. The molecular formula is C25H23N3O. The van der Waals surface area contributed by atoms with Gasteiger partial charge in [-0.15, -0.1) is 0 Å². The molecule has 0 spiro atoms. The first-order valence-electron chi connectivity index (χ1n) is 9.64. The number of benzene rings is 2. The molecule has 1 atom stereocenters. The topological polar surface area (TPSA) is 58.0 Å². The van der Waals surface area contributed by atoms with Gasteiger partial charge in [0.1, 0.15) is 5.60 Å². The Bertz CT molecular complexity index is 969. The van der Waals surface area contributed by atoms with Gasteiger partial charge >= 0.3 is 0 Å². The minimum atomic E-state index is -1.35. The van der Waals surface area contributed by atoms with E-state index in [1.165, 1.54) is 0 Å². The number of pyridine rings is 2. The normalized spacial score (nSPS) is 12.4. The standard InChI is InChI=1S/C25H23N3O/c29-25(22-13-7-15-26-18-22,23-14-8-16-27-19-23)24(21-11-5-2-6-12-21)28-17-20-9-3-1-4-10-20/h1-16,18-19,24,28-29H,17H2/t24-/m1/s1. The van der Waals surface area contributed by atoms with E-state index in [-0.39, 0.29) is 0 Å². The van der Waals surface area contributed by atoms with E-state index in [0.29, 0.717) is 17.7 Å². The molecule has 4 heteroatoms. The van der Waals surface area contributed by atoms with E-state index in [0.717, 1.165) is 11.1 Å². The Hall–Kier alpha value is -3.34. The molecule has 0 aliphatic rings. The van der Waals surface area contributed by atoms with Gasteiger partial charge in [0.2, 0.25) is 0 Å². The van der Waals surface area contributed by atoms with Gasteiger partial charge < -0.3 is 10.4 Å². The maximum atomic E-state index is 12.2. The maximum absolute atomic E-state index is 12.2. The molecule has 2 aromatic heterocycles. The average molecular weight is 381 g/mol. The third-order valence-corrected chi connectivity index (χ3v) is 5.11. The quantitative estimate of drug-likeness (QED) is 0.503. The zero-order valence-corrected chi connectivity index (χ0v) is 16.0. The van der Waals surface area contributed by atoms with Crippen LogP contribution in [0.2, 0.25) is 0 Å². The number of nitrogens with zero attached hydrogens (tertiary/aromatic N) is 2. The van der Waals surface area contributed by atoms with Crippen molar-refractivity contribution in [1.82, 2.24) is 15.3 Å². The van der Waals surface area contributed by atoms with Crippen LogP contribution in [0.1, 0.15) is 28.3 Å². The Morgan fingerprint density at radius 3 is 1.79 bits per heavy atom. The fourth-order valence-electron chi connectivity index (χ4n) is 3.64. The lowest BCUT2D eigenvalue weighted by Crippen LogP contribution is -2.42. The van der Waals surface area contributed by atoms with E-state index >= 15 is 0 Å². The molecule has 29 heavy (non-hydrogen) atoms. The third kappa shape index (κ3) is 4.09. The van der Waals surface area contributed by atoms with Crippen LogP contribution in [-0.4, -0.2) is 15.1 Å². The van der Waals surface area contributed by atoms with E-state index in [9.17, 15) is 5.11 Å². The second kappa shape index (κ2) is 8.78. The molecule has 2 aromatic carbocycles. The van der Waals surface area contributed by atoms with Crippen LogP contribution in [0.3, 0.4) is 0 Å². The molecule has 0 aliphatic carbocycles. The highest BCUT2D eigenvalue weighted by atomic mass is 16.3. The van der Waals surface area contributed by atoms with Crippen LogP contribution in [0.25, 0.3) is 0 Å². The Morgan fingerprint density at radius 2 is 1.28 bits per heavy atom. The number of aromatic nitrogens is 2. The number of nitrogens with one attached hydrogen (secondary N) is 1. The van der Waals surface area contributed by atoms with Crippen molar-refractivity contribution in [2.24, 2.45) is 0 Å². The molecule has 2 N–H and O–H groups in total. The summed E-state index contributed by atoms with van der Waals surface area (Å²) in [6.07, 6.45) is 6.85. The number of hydrogen-bond donors (Lipinski definition) is 2. The lowest BCUT2D eigenvalue weighted by molar-refractivity contribution is 0.0348. The molecule has 0 bridgehead atoms. The zero-order valence-electron chi connectivity index (χ0n) is 16.0. The summed E-state index contributed by atoms with van der Waals surface area (Å²) in [6.45, 7) is 0.614. The first-order chi connectivity index (χ1) is 14.3. The summed E-state index contributed by atoms with van der Waals surface area (Å²) in [4.78, 5) is 8.52. The van der Waals surface area contributed by atoms with Gasteiger partial charge in [-0.05, 0) is 23.3 Å². The smallest absolute Gasteiger partial charge is 0.137 e. The Kier molecular flexibility index (Phi) is 5.75. The van der Waals surface area contributed by atoms with Crippen LogP contribution in [0.5, 0.6) is 0 Å². The van der Waals surface area contributed by atoms with Crippen molar-refractivity contribution in [3.05, 3.63) is 132 Å². The highest BCUT2D eigenvalue weighted by Crippen LogP contribution is 2.40. The van der Waals surface area contributed by atoms with Crippen molar-refractivity contribution in [3.8, 4) is 0 Å². The summed E-state index contributed by atoms with van der Waals surface area (Å²) in [5, 5.41) is 15.8. The molecule has 0 radical (unpaired) electrons.